The molecule has 0 saturated carbocycles. The van der Waals surface area contributed by atoms with E-state index in [1.54, 1.807) is 6.07 Å². The first kappa shape index (κ1) is 22.4. The molecule has 2 aromatic carbocycles. The van der Waals surface area contributed by atoms with Gasteiger partial charge in [-0.25, -0.2) is 9.59 Å². The summed E-state index contributed by atoms with van der Waals surface area (Å²) in [5, 5.41) is 26.2. The number of nitrogens with one attached hydrogen (secondary N) is 2. The fraction of sp³-hybridized carbons (Fsp3) is 0.318. The topological polar surface area (TPSA) is 126 Å². The van der Waals surface area contributed by atoms with E-state index < -0.39 is 30.2 Å². The Balaban J connectivity index is 0.00000132. The lowest BCUT2D eigenvalue weighted by Gasteiger charge is -2.14. The van der Waals surface area contributed by atoms with Crippen molar-refractivity contribution in [1.29, 1.82) is 0 Å². The van der Waals surface area contributed by atoms with Crippen LogP contribution in [0, 0.1) is 0 Å². The quantitative estimate of drug-likeness (QED) is 0.508. The van der Waals surface area contributed by atoms with Gasteiger partial charge >= 0.3 is 11.7 Å². The van der Waals surface area contributed by atoms with E-state index in [1.807, 2.05) is 50.2 Å². The van der Waals surface area contributed by atoms with Gasteiger partial charge in [0, 0.05) is 18.3 Å². The van der Waals surface area contributed by atoms with Crippen LogP contribution in [0.5, 0.6) is 0 Å². The van der Waals surface area contributed by atoms with Crippen molar-refractivity contribution < 1.29 is 19.7 Å². The molecular weight excluding hydrogens is 400 g/mol. The molecule has 1 aliphatic rings. The summed E-state index contributed by atoms with van der Waals surface area (Å²) in [4.78, 5) is 28.3. The Morgan fingerprint density at radius 3 is 2.58 bits per heavy atom. The Morgan fingerprint density at radius 2 is 1.90 bits per heavy atom. The Labute approximate surface area is 179 Å². The Morgan fingerprint density at radius 1 is 1.16 bits per heavy atom. The van der Waals surface area contributed by atoms with Gasteiger partial charge in [-0.05, 0) is 29.0 Å². The third-order valence-corrected chi connectivity index (χ3v) is 4.77. The molecule has 0 bridgehead atoms. The number of aromatic nitrogens is 2. The first-order chi connectivity index (χ1) is 15.0. The molecule has 164 valence electrons. The van der Waals surface area contributed by atoms with Crippen molar-refractivity contribution in [3.05, 3.63) is 65.2 Å². The zero-order valence-corrected chi connectivity index (χ0v) is 17.4. The molecule has 1 aliphatic heterocycles. The molecule has 0 spiro atoms. The minimum atomic E-state index is -0.859. The van der Waals surface area contributed by atoms with Gasteiger partial charge < -0.3 is 20.3 Å². The van der Waals surface area contributed by atoms with Crippen LogP contribution in [0.1, 0.15) is 26.5 Å². The van der Waals surface area contributed by atoms with Crippen molar-refractivity contribution in [2.75, 3.05) is 17.2 Å². The molecule has 3 aromatic rings. The fourth-order valence-corrected chi connectivity index (χ4v) is 3.30. The molecule has 4 N–H and O–H groups in total. The van der Waals surface area contributed by atoms with Crippen LogP contribution in [0.4, 0.5) is 16.3 Å². The zero-order valence-electron chi connectivity index (χ0n) is 17.4. The average Bonchev–Trinajstić information content (AvgIpc) is 3.15. The summed E-state index contributed by atoms with van der Waals surface area (Å²) in [6.45, 7) is 3.66. The van der Waals surface area contributed by atoms with Crippen LogP contribution in [0.3, 0.4) is 0 Å². The zero-order chi connectivity index (χ0) is 22.4. The Bertz CT molecular complexity index is 1100. The predicted octanol–water partition coefficient (Wildman–Crippen LogP) is 2.71. The lowest BCUT2D eigenvalue weighted by atomic mass is 10.1. The highest BCUT2D eigenvalue weighted by Crippen LogP contribution is 2.27. The second-order valence-electron chi connectivity index (χ2n) is 6.76. The smallest absolute Gasteiger partial charge is 0.351 e. The number of benzene rings is 2. The minimum absolute atomic E-state index is 0.0850. The molecule has 1 saturated heterocycles. The molecule has 31 heavy (non-hydrogen) atoms. The normalized spacial score (nSPS) is 20.1. The van der Waals surface area contributed by atoms with E-state index in [4.69, 9.17) is 9.84 Å². The maximum Gasteiger partial charge on any atom is 0.351 e. The minimum Gasteiger partial charge on any atom is -0.394 e. The summed E-state index contributed by atoms with van der Waals surface area (Å²) in [5.41, 5.74) is -0.0257. The third kappa shape index (κ3) is 5.26. The summed E-state index contributed by atoms with van der Waals surface area (Å²) in [6, 6.07) is 14.3. The van der Waals surface area contributed by atoms with Crippen LogP contribution >= 0.6 is 0 Å². The highest BCUT2D eigenvalue weighted by atomic mass is 16.5. The molecule has 9 heteroatoms. The average molecular weight is 426 g/mol. The number of carbonyl (C=O) groups excluding carboxylic acids is 1. The number of ether oxygens (including phenoxy) is 1. The Kier molecular flexibility index (Phi) is 7.35. The molecular formula is C22H26N4O5. The van der Waals surface area contributed by atoms with Gasteiger partial charge in [0.2, 0.25) is 0 Å². The molecule has 4 rings (SSSR count). The van der Waals surface area contributed by atoms with Crippen molar-refractivity contribution in [2.24, 2.45) is 0 Å². The van der Waals surface area contributed by atoms with Crippen LogP contribution in [0.15, 0.2) is 59.5 Å². The van der Waals surface area contributed by atoms with Gasteiger partial charge in [0.05, 0.1) is 12.7 Å². The summed E-state index contributed by atoms with van der Waals surface area (Å²) >= 11 is 0. The molecule has 0 aliphatic carbocycles. The van der Waals surface area contributed by atoms with Crippen molar-refractivity contribution in [1.82, 2.24) is 9.55 Å². The number of urea groups is 1. The molecule has 1 aromatic heterocycles. The summed E-state index contributed by atoms with van der Waals surface area (Å²) in [5.74, 6) is 0.0850. The monoisotopic (exact) mass is 426 g/mol. The first-order valence-electron chi connectivity index (χ1n) is 10.1. The molecule has 3 atom stereocenters. The number of amides is 2. The summed E-state index contributed by atoms with van der Waals surface area (Å²) in [6.07, 6.45) is -0.720. The Hall–Kier alpha value is -3.27. The number of aliphatic hydroxyl groups excluding tert-OH is 2. The second kappa shape index (κ2) is 10.2. The van der Waals surface area contributed by atoms with E-state index in [9.17, 15) is 14.7 Å². The van der Waals surface area contributed by atoms with Crippen molar-refractivity contribution in [3.63, 3.8) is 0 Å². The number of anilines is 2. The predicted molar refractivity (Wildman–Crippen MR) is 118 cm³/mol. The van der Waals surface area contributed by atoms with E-state index in [2.05, 4.69) is 15.6 Å². The largest absolute Gasteiger partial charge is 0.394 e. The second-order valence-corrected chi connectivity index (χ2v) is 6.76. The number of hydrogen-bond acceptors (Lipinski definition) is 6. The van der Waals surface area contributed by atoms with E-state index in [-0.39, 0.29) is 18.8 Å². The number of nitrogens with zero attached hydrogens (tertiary/aromatic N) is 2. The summed E-state index contributed by atoms with van der Waals surface area (Å²) < 4.78 is 6.66. The van der Waals surface area contributed by atoms with Crippen LogP contribution in [-0.2, 0) is 4.74 Å². The molecule has 1 fully saturated rings. The van der Waals surface area contributed by atoms with Crippen LogP contribution in [0.2, 0.25) is 0 Å². The van der Waals surface area contributed by atoms with Crippen LogP contribution in [0.25, 0.3) is 10.8 Å². The highest BCUT2D eigenvalue weighted by Gasteiger charge is 2.34. The lowest BCUT2D eigenvalue weighted by molar-refractivity contribution is -0.0458. The van der Waals surface area contributed by atoms with Crippen LogP contribution in [-0.4, -0.2) is 44.6 Å². The SMILES string of the molecule is CC.O=C(Nc1ccc2ccccc2c1)Nc1ccn([C@H]2C[C@@H](O)C(CO)O2)c(=O)n1. The van der Waals surface area contributed by atoms with Gasteiger partial charge in [-0.2, -0.15) is 4.98 Å². The van der Waals surface area contributed by atoms with Crippen molar-refractivity contribution >= 4 is 28.3 Å². The van der Waals surface area contributed by atoms with Crippen molar-refractivity contribution in [3.8, 4) is 0 Å². The van der Waals surface area contributed by atoms with Gasteiger partial charge in [-0.3, -0.25) is 9.88 Å². The standard InChI is InChI=1S/C20H20N4O5.C2H6/c25-11-16-15(26)10-18(29-16)24-8-7-17(23-20(24)28)22-19(27)21-14-6-5-12-3-1-2-4-13(12)9-14;1-2/h1-9,15-16,18,25-26H,10-11H2,(H2,21,22,23,27,28);1-2H3/t15-,16?,18-;/m1./s1. The van der Waals surface area contributed by atoms with Gasteiger partial charge in [-0.15, -0.1) is 0 Å². The first-order valence-corrected chi connectivity index (χ1v) is 10.1. The van der Waals surface area contributed by atoms with E-state index in [0.29, 0.717) is 5.69 Å². The number of carbonyl (C=O) groups is 1. The number of hydrogen-bond donors (Lipinski definition) is 4. The molecule has 2 heterocycles. The van der Waals surface area contributed by atoms with Gasteiger partial charge in [-0.1, -0.05) is 44.2 Å². The number of rotatable bonds is 4. The maximum absolute atomic E-state index is 12.3. The van der Waals surface area contributed by atoms with Gasteiger partial charge in [0.1, 0.15) is 18.1 Å². The third-order valence-electron chi connectivity index (χ3n) is 4.77. The fourth-order valence-electron chi connectivity index (χ4n) is 3.30. The van der Waals surface area contributed by atoms with E-state index >= 15 is 0 Å². The van der Waals surface area contributed by atoms with Gasteiger partial charge in [0.25, 0.3) is 0 Å². The van der Waals surface area contributed by atoms with E-state index in [0.717, 1.165) is 10.8 Å². The van der Waals surface area contributed by atoms with E-state index in [1.165, 1.54) is 16.8 Å². The maximum atomic E-state index is 12.3. The summed E-state index contributed by atoms with van der Waals surface area (Å²) in [7, 11) is 0. The molecule has 2 amide bonds. The van der Waals surface area contributed by atoms with Crippen LogP contribution < -0.4 is 16.3 Å². The molecule has 1 unspecified atom stereocenters. The molecule has 9 nitrogen and oxygen atoms in total. The number of aliphatic hydroxyl groups is 2. The molecule has 0 radical (unpaired) electrons. The number of fused-ring (bicyclic) bond motifs is 1. The van der Waals surface area contributed by atoms with Gasteiger partial charge in [0.15, 0.2) is 0 Å². The highest BCUT2D eigenvalue weighted by molar-refractivity contribution is 6.00. The lowest BCUT2D eigenvalue weighted by Crippen LogP contribution is -2.29. The van der Waals surface area contributed by atoms with Crippen molar-refractivity contribution in [2.45, 2.75) is 38.7 Å².